The third kappa shape index (κ3) is 5.11. The molecule has 0 bridgehead atoms. The summed E-state index contributed by atoms with van der Waals surface area (Å²) in [6.07, 6.45) is 3.93. The lowest BCUT2D eigenvalue weighted by molar-refractivity contribution is -0.126. The van der Waals surface area contributed by atoms with Crippen LogP contribution in [0.5, 0.6) is 0 Å². The molecule has 2 aromatic rings. The van der Waals surface area contributed by atoms with Crippen LogP contribution in [0.3, 0.4) is 0 Å². The first-order valence-electron chi connectivity index (χ1n) is 11.1. The molecule has 4 rings (SSSR count). The minimum Gasteiger partial charge on any atom is -0.378 e. The van der Waals surface area contributed by atoms with Gasteiger partial charge in [0, 0.05) is 50.2 Å². The lowest BCUT2D eigenvalue weighted by atomic mass is 9.96. The number of piperidine rings is 1. The first-order valence-corrected chi connectivity index (χ1v) is 12.5. The van der Waals surface area contributed by atoms with E-state index in [4.69, 9.17) is 4.74 Å². The number of carbonyl (C=O) groups is 1. The van der Waals surface area contributed by atoms with Crippen molar-refractivity contribution in [2.24, 2.45) is 5.92 Å². The number of hydrogen-bond acceptors (Lipinski definition) is 6. The summed E-state index contributed by atoms with van der Waals surface area (Å²) < 4.78 is 32.3. The molecule has 0 radical (unpaired) electrons. The number of rotatable bonds is 6. The van der Waals surface area contributed by atoms with Crippen molar-refractivity contribution in [2.75, 3.05) is 44.3 Å². The predicted molar refractivity (Wildman–Crippen MR) is 122 cm³/mol. The molecule has 1 aromatic carbocycles. The molecule has 32 heavy (non-hydrogen) atoms. The number of anilines is 1. The van der Waals surface area contributed by atoms with Crippen LogP contribution in [0.25, 0.3) is 0 Å². The first kappa shape index (κ1) is 22.7. The van der Waals surface area contributed by atoms with E-state index in [1.807, 2.05) is 6.92 Å². The maximum atomic E-state index is 12.8. The molecular formula is C23H30N4O4S. The second kappa shape index (κ2) is 9.97. The van der Waals surface area contributed by atoms with Crippen LogP contribution in [-0.4, -0.2) is 63.0 Å². The van der Waals surface area contributed by atoms with Gasteiger partial charge in [0.05, 0.1) is 19.3 Å². The zero-order chi connectivity index (χ0) is 22.6. The SMILES string of the molecule is CC(NC(=O)C1CCN(S(=O)(=O)c2cccnc2)CC1)c1ccc(N2CCOCC2)cc1. The number of ether oxygens (including phenoxy) is 1. The molecule has 172 valence electrons. The van der Waals surface area contributed by atoms with Crippen molar-refractivity contribution in [3.63, 3.8) is 0 Å². The van der Waals surface area contributed by atoms with E-state index < -0.39 is 10.0 Å². The highest BCUT2D eigenvalue weighted by Crippen LogP contribution is 2.25. The van der Waals surface area contributed by atoms with Gasteiger partial charge in [-0.15, -0.1) is 0 Å². The molecule has 2 saturated heterocycles. The van der Waals surface area contributed by atoms with E-state index in [1.165, 1.54) is 10.5 Å². The van der Waals surface area contributed by atoms with Gasteiger partial charge in [-0.2, -0.15) is 4.31 Å². The summed E-state index contributed by atoms with van der Waals surface area (Å²) in [5.74, 6) is -0.210. The predicted octanol–water partition coefficient (Wildman–Crippen LogP) is 2.20. The van der Waals surface area contributed by atoms with Crippen LogP contribution < -0.4 is 10.2 Å². The normalized spacial score (nSPS) is 19.5. The number of sulfonamides is 1. The third-order valence-electron chi connectivity index (χ3n) is 6.22. The van der Waals surface area contributed by atoms with E-state index in [1.54, 1.807) is 18.3 Å². The molecule has 8 nitrogen and oxygen atoms in total. The quantitative estimate of drug-likeness (QED) is 0.714. The zero-order valence-corrected chi connectivity index (χ0v) is 19.1. The Hall–Kier alpha value is -2.49. The van der Waals surface area contributed by atoms with Crippen LogP contribution in [-0.2, 0) is 19.6 Å². The van der Waals surface area contributed by atoms with E-state index in [0.29, 0.717) is 25.9 Å². The maximum Gasteiger partial charge on any atom is 0.244 e. The van der Waals surface area contributed by atoms with Crippen molar-refractivity contribution < 1.29 is 17.9 Å². The average Bonchev–Trinajstić information content (AvgIpc) is 2.85. The summed E-state index contributed by atoms with van der Waals surface area (Å²) in [6.45, 7) is 5.91. The molecule has 1 N–H and O–H groups in total. The summed E-state index contributed by atoms with van der Waals surface area (Å²) in [5, 5.41) is 3.10. The molecule has 1 unspecified atom stereocenters. The van der Waals surface area contributed by atoms with Crippen molar-refractivity contribution >= 4 is 21.6 Å². The van der Waals surface area contributed by atoms with E-state index in [0.717, 1.165) is 37.6 Å². The fraction of sp³-hybridized carbons (Fsp3) is 0.478. The van der Waals surface area contributed by atoms with E-state index in [9.17, 15) is 13.2 Å². The zero-order valence-electron chi connectivity index (χ0n) is 18.3. The van der Waals surface area contributed by atoms with Crippen molar-refractivity contribution in [1.29, 1.82) is 0 Å². The molecule has 1 amide bonds. The van der Waals surface area contributed by atoms with Gasteiger partial charge < -0.3 is 15.0 Å². The largest absolute Gasteiger partial charge is 0.378 e. The molecule has 0 spiro atoms. The highest BCUT2D eigenvalue weighted by atomic mass is 32.2. The van der Waals surface area contributed by atoms with Gasteiger partial charge in [0.2, 0.25) is 15.9 Å². The van der Waals surface area contributed by atoms with Gasteiger partial charge in [0.1, 0.15) is 4.90 Å². The summed E-state index contributed by atoms with van der Waals surface area (Å²) in [5.41, 5.74) is 2.21. The van der Waals surface area contributed by atoms with Crippen molar-refractivity contribution in [1.82, 2.24) is 14.6 Å². The molecule has 1 aromatic heterocycles. The van der Waals surface area contributed by atoms with E-state index in [-0.39, 0.29) is 22.8 Å². The molecule has 3 heterocycles. The molecule has 2 aliphatic rings. The monoisotopic (exact) mass is 458 g/mol. The Bertz CT molecular complexity index is 1000. The Labute approximate surface area is 189 Å². The summed E-state index contributed by atoms with van der Waals surface area (Å²) in [6, 6.07) is 11.3. The number of pyridine rings is 1. The fourth-order valence-corrected chi connectivity index (χ4v) is 5.65. The molecular weight excluding hydrogens is 428 g/mol. The van der Waals surface area contributed by atoms with Gasteiger partial charge in [-0.1, -0.05) is 12.1 Å². The Morgan fingerprint density at radius 2 is 1.78 bits per heavy atom. The lowest BCUT2D eigenvalue weighted by Gasteiger charge is -2.31. The van der Waals surface area contributed by atoms with Gasteiger partial charge >= 0.3 is 0 Å². The summed E-state index contributed by atoms with van der Waals surface area (Å²) in [7, 11) is -3.56. The fourth-order valence-electron chi connectivity index (χ4n) is 4.22. The van der Waals surface area contributed by atoms with Crippen molar-refractivity contribution in [3.05, 3.63) is 54.4 Å². The molecule has 1 atom stereocenters. The van der Waals surface area contributed by atoms with E-state index >= 15 is 0 Å². The van der Waals surface area contributed by atoms with Crippen LogP contribution in [0.4, 0.5) is 5.69 Å². The number of carbonyl (C=O) groups excluding carboxylic acids is 1. The van der Waals surface area contributed by atoms with Gasteiger partial charge in [-0.3, -0.25) is 9.78 Å². The van der Waals surface area contributed by atoms with Crippen LogP contribution >= 0.6 is 0 Å². The van der Waals surface area contributed by atoms with Crippen LogP contribution in [0.2, 0.25) is 0 Å². The maximum absolute atomic E-state index is 12.8. The van der Waals surface area contributed by atoms with Crippen molar-refractivity contribution in [2.45, 2.75) is 30.7 Å². The van der Waals surface area contributed by atoms with Crippen LogP contribution in [0.1, 0.15) is 31.4 Å². The third-order valence-corrected chi connectivity index (χ3v) is 8.11. The highest BCUT2D eigenvalue weighted by Gasteiger charge is 2.32. The standard InChI is InChI=1S/C23H30N4O4S/c1-18(19-4-6-21(7-5-19)26-13-15-31-16-14-26)25-23(28)20-8-11-27(12-9-20)32(29,30)22-3-2-10-24-17-22/h2-7,10,17-18,20H,8-9,11-16H2,1H3,(H,25,28). The summed E-state index contributed by atoms with van der Waals surface area (Å²) >= 11 is 0. The molecule has 0 saturated carbocycles. The number of benzene rings is 1. The summed E-state index contributed by atoms with van der Waals surface area (Å²) in [4.78, 5) is 19.2. The Balaban J connectivity index is 1.30. The Morgan fingerprint density at radius 3 is 2.41 bits per heavy atom. The van der Waals surface area contributed by atoms with Gasteiger partial charge in [-0.25, -0.2) is 8.42 Å². The molecule has 2 aliphatic heterocycles. The molecule has 0 aliphatic carbocycles. The minimum atomic E-state index is -3.56. The second-order valence-corrected chi connectivity index (χ2v) is 10.2. The topological polar surface area (TPSA) is 91.8 Å². The van der Waals surface area contributed by atoms with Gasteiger partial charge in [0.25, 0.3) is 0 Å². The smallest absolute Gasteiger partial charge is 0.244 e. The Kier molecular flexibility index (Phi) is 7.07. The lowest BCUT2D eigenvalue weighted by Crippen LogP contribution is -2.43. The van der Waals surface area contributed by atoms with Crippen LogP contribution in [0, 0.1) is 5.92 Å². The van der Waals surface area contributed by atoms with Crippen molar-refractivity contribution in [3.8, 4) is 0 Å². The number of nitrogens with zero attached hydrogens (tertiary/aromatic N) is 3. The highest BCUT2D eigenvalue weighted by molar-refractivity contribution is 7.89. The first-order chi connectivity index (χ1) is 15.4. The minimum absolute atomic E-state index is 0.0202. The Morgan fingerprint density at radius 1 is 1.09 bits per heavy atom. The van der Waals surface area contributed by atoms with Crippen LogP contribution in [0.15, 0.2) is 53.7 Å². The van der Waals surface area contributed by atoms with Gasteiger partial charge in [0.15, 0.2) is 0 Å². The van der Waals surface area contributed by atoms with Gasteiger partial charge in [-0.05, 0) is 49.6 Å². The van der Waals surface area contributed by atoms with E-state index in [2.05, 4.69) is 39.5 Å². The average molecular weight is 459 g/mol. The second-order valence-electron chi connectivity index (χ2n) is 8.29. The molecule has 9 heteroatoms. The molecule has 2 fully saturated rings. The number of aromatic nitrogens is 1. The number of hydrogen-bond donors (Lipinski definition) is 1. The number of amides is 1. The number of morpholine rings is 1. The number of nitrogens with one attached hydrogen (secondary N) is 1.